The van der Waals surface area contributed by atoms with Crippen LogP contribution in [0.15, 0.2) is 0 Å². The number of hydrogen-bond acceptors (Lipinski definition) is 7. The van der Waals surface area contributed by atoms with Gasteiger partial charge in [-0.1, -0.05) is 18.3 Å². The van der Waals surface area contributed by atoms with E-state index in [1.165, 1.54) is 11.3 Å². The molecule has 0 aromatic carbocycles. The summed E-state index contributed by atoms with van der Waals surface area (Å²) < 4.78 is 24.0. The second kappa shape index (κ2) is 8.12. The van der Waals surface area contributed by atoms with E-state index >= 15 is 0 Å². The first kappa shape index (κ1) is 16.8. The third kappa shape index (κ3) is 6.78. The van der Waals surface area contributed by atoms with Gasteiger partial charge in [0.2, 0.25) is 20.2 Å². The van der Waals surface area contributed by atoms with E-state index in [9.17, 15) is 13.2 Å². The van der Waals surface area contributed by atoms with Crippen LogP contribution in [0, 0.1) is 0 Å². The van der Waals surface area contributed by atoms with E-state index in [1.807, 2.05) is 6.92 Å². The molecule has 20 heavy (non-hydrogen) atoms. The summed E-state index contributed by atoms with van der Waals surface area (Å²) in [6.07, 6.45) is 2.57. The third-order valence-corrected chi connectivity index (χ3v) is 3.76. The van der Waals surface area contributed by atoms with E-state index in [4.69, 9.17) is 0 Å². The SMILES string of the molecule is CCCNc1nnc(C(=O)NCCCNS(C)(=O)=O)s1. The Morgan fingerprint density at radius 1 is 1.25 bits per heavy atom. The van der Waals surface area contributed by atoms with Crippen LogP contribution in [0.25, 0.3) is 0 Å². The van der Waals surface area contributed by atoms with Gasteiger partial charge in [-0.25, -0.2) is 13.1 Å². The van der Waals surface area contributed by atoms with Gasteiger partial charge in [0, 0.05) is 19.6 Å². The smallest absolute Gasteiger partial charge is 0.282 e. The van der Waals surface area contributed by atoms with E-state index in [0.717, 1.165) is 19.2 Å². The molecule has 0 atom stereocenters. The maximum atomic E-state index is 11.7. The van der Waals surface area contributed by atoms with E-state index in [1.54, 1.807) is 0 Å². The second-order valence-electron chi connectivity index (χ2n) is 4.12. The first-order valence-electron chi connectivity index (χ1n) is 6.22. The fraction of sp³-hybridized carbons (Fsp3) is 0.700. The molecule has 10 heteroatoms. The van der Waals surface area contributed by atoms with Gasteiger partial charge in [0.05, 0.1) is 6.26 Å². The Balaban J connectivity index is 2.27. The van der Waals surface area contributed by atoms with Crippen LogP contribution in [-0.4, -0.2) is 50.4 Å². The van der Waals surface area contributed by atoms with Crippen molar-refractivity contribution in [3.05, 3.63) is 5.01 Å². The van der Waals surface area contributed by atoms with Crippen LogP contribution in [0.1, 0.15) is 29.6 Å². The van der Waals surface area contributed by atoms with E-state index in [2.05, 4.69) is 25.6 Å². The van der Waals surface area contributed by atoms with Gasteiger partial charge in [-0.2, -0.15) is 0 Å². The van der Waals surface area contributed by atoms with Crippen molar-refractivity contribution in [3.63, 3.8) is 0 Å². The summed E-state index contributed by atoms with van der Waals surface area (Å²) in [4.78, 5) is 11.7. The van der Waals surface area contributed by atoms with Crippen LogP contribution < -0.4 is 15.4 Å². The highest BCUT2D eigenvalue weighted by Crippen LogP contribution is 2.14. The molecule has 8 nitrogen and oxygen atoms in total. The largest absolute Gasteiger partial charge is 0.360 e. The fourth-order valence-corrected chi connectivity index (χ4v) is 2.44. The number of nitrogens with one attached hydrogen (secondary N) is 3. The lowest BCUT2D eigenvalue weighted by Crippen LogP contribution is -2.29. The minimum absolute atomic E-state index is 0.290. The van der Waals surface area contributed by atoms with E-state index in [0.29, 0.717) is 29.6 Å². The highest BCUT2D eigenvalue weighted by atomic mass is 32.2. The molecule has 1 amide bonds. The van der Waals surface area contributed by atoms with Crippen LogP contribution in [0.2, 0.25) is 0 Å². The molecule has 0 bridgehead atoms. The summed E-state index contributed by atoms with van der Waals surface area (Å²) in [5.74, 6) is -0.300. The molecule has 1 aromatic heterocycles. The maximum absolute atomic E-state index is 11.7. The molecule has 0 aliphatic rings. The summed E-state index contributed by atoms with van der Waals surface area (Å²) in [5.41, 5.74) is 0. The summed E-state index contributed by atoms with van der Waals surface area (Å²) >= 11 is 1.19. The number of nitrogens with zero attached hydrogens (tertiary/aromatic N) is 2. The Labute approximate surface area is 122 Å². The fourth-order valence-electron chi connectivity index (χ4n) is 1.24. The molecule has 0 fully saturated rings. The summed E-state index contributed by atoms with van der Waals surface area (Å²) in [7, 11) is -3.17. The molecule has 0 aliphatic carbocycles. The van der Waals surface area contributed by atoms with Crippen molar-refractivity contribution in [2.45, 2.75) is 19.8 Å². The first-order valence-corrected chi connectivity index (χ1v) is 8.93. The topological polar surface area (TPSA) is 113 Å². The highest BCUT2D eigenvalue weighted by molar-refractivity contribution is 7.88. The molecule has 114 valence electrons. The van der Waals surface area contributed by atoms with Gasteiger partial charge in [-0.05, 0) is 12.8 Å². The highest BCUT2D eigenvalue weighted by Gasteiger charge is 2.11. The number of sulfonamides is 1. The normalized spacial score (nSPS) is 11.3. The number of amides is 1. The van der Waals surface area contributed by atoms with Crippen LogP contribution in [-0.2, 0) is 10.0 Å². The quantitative estimate of drug-likeness (QED) is 0.553. The monoisotopic (exact) mass is 321 g/mol. The maximum Gasteiger partial charge on any atom is 0.282 e. The minimum atomic E-state index is -3.17. The zero-order chi connectivity index (χ0) is 15.0. The Kier molecular flexibility index (Phi) is 6.82. The number of anilines is 1. The zero-order valence-electron chi connectivity index (χ0n) is 11.5. The van der Waals surface area contributed by atoms with E-state index < -0.39 is 10.0 Å². The van der Waals surface area contributed by atoms with Gasteiger partial charge >= 0.3 is 0 Å². The van der Waals surface area contributed by atoms with Gasteiger partial charge in [0.25, 0.3) is 5.91 Å². The first-order chi connectivity index (χ1) is 9.42. The third-order valence-electron chi connectivity index (χ3n) is 2.15. The molecule has 1 rings (SSSR count). The average Bonchev–Trinajstić information content (AvgIpc) is 2.83. The zero-order valence-corrected chi connectivity index (χ0v) is 13.1. The number of carbonyl (C=O) groups excluding carboxylic acids is 1. The Hall–Kier alpha value is -1.26. The molecule has 0 aliphatic heterocycles. The molecule has 1 heterocycles. The molecule has 0 saturated carbocycles. The van der Waals surface area contributed by atoms with Crippen molar-refractivity contribution in [2.24, 2.45) is 0 Å². The summed E-state index contributed by atoms with van der Waals surface area (Å²) in [6.45, 7) is 3.48. The van der Waals surface area contributed by atoms with Crippen molar-refractivity contribution in [1.82, 2.24) is 20.2 Å². The molecular weight excluding hydrogens is 302 g/mol. The number of aromatic nitrogens is 2. The number of hydrogen-bond donors (Lipinski definition) is 3. The van der Waals surface area contributed by atoms with Crippen LogP contribution in [0.5, 0.6) is 0 Å². The van der Waals surface area contributed by atoms with Crippen LogP contribution in [0.3, 0.4) is 0 Å². The standard InChI is InChI=1S/C10H19N5O3S2/c1-3-5-12-10-15-14-9(19-10)8(16)11-6-4-7-13-20(2,17)18/h13H,3-7H2,1-2H3,(H,11,16)(H,12,15). The predicted octanol–water partition coefficient (Wildman–Crippen LogP) is 0.0291. The molecule has 0 spiro atoms. The molecule has 0 radical (unpaired) electrons. The molecule has 0 saturated heterocycles. The Morgan fingerprint density at radius 2 is 2.00 bits per heavy atom. The lowest BCUT2D eigenvalue weighted by molar-refractivity contribution is 0.0952. The van der Waals surface area contributed by atoms with Crippen molar-refractivity contribution in [2.75, 3.05) is 31.2 Å². The lowest BCUT2D eigenvalue weighted by atomic mass is 10.4. The van der Waals surface area contributed by atoms with Crippen molar-refractivity contribution in [3.8, 4) is 0 Å². The number of carbonyl (C=O) groups is 1. The van der Waals surface area contributed by atoms with Crippen molar-refractivity contribution >= 4 is 32.4 Å². The van der Waals surface area contributed by atoms with Gasteiger partial charge in [0.15, 0.2) is 0 Å². The van der Waals surface area contributed by atoms with Gasteiger partial charge in [-0.3, -0.25) is 4.79 Å². The minimum Gasteiger partial charge on any atom is -0.360 e. The van der Waals surface area contributed by atoms with Gasteiger partial charge in [-0.15, -0.1) is 10.2 Å². The van der Waals surface area contributed by atoms with Crippen molar-refractivity contribution in [1.29, 1.82) is 0 Å². The molecule has 0 unspecified atom stereocenters. The second-order valence-corrected chi connectivity index (χ2v) is 6.93. The molecule has 1 aromatic rings. The number of rotatable bonds is 9. The van der Waals surface area contributed by atoms with Gasteiger partial charge < -0.3 is 10.6 Å². The predicted molar refractivity (Wildman–Crippen MR) is 78.5 cm³/mol. The molecule has 3 N–H and O–H groups in total. The summed E-state index contributed by atoms with van der Waals surface area (Å²) in [6, 6.07) is 0. The lowest BCUT2D eigenvalue weighted by Gasteiger charge is -2.03. The Bertz CT molecular complexity index is 529. The van der Waals surface area contributed by atoms with Crippen molar-refractivity contribution < 1.29 is 13.2 Å². The van der Waals surface area contributed by atoms with Crippen LogP contribution in [0.4, 0.5) is 5.13 Å². The Morgan fingerprint density at radius 3 is 2.65 bits per heavy atom. The average molecular weight is 321 g/mol. The van der Waals surface area contributed by atoms with Gasteiger partial charge in [0.1, 0.15) is 0 Å². The molecular formula is C10H19N5O3S2. The summed E-state index contributed by atoms with van der Waals surface area (Å²) in [5, 5.41) is 14.3. The van der Waals surface area contributed by atoms with E-state index in [-0.39, 0.29) is 5.91 Å². The van der Waals surface area contributed by atoms with Crippen LogP contribution >= 0.6 is 11.3 Å².